The van der Waals surface area contributed by atoms with E-state index in [9.17, 15) is 19.2 Å². The highest BCUT2D eigenvalue weighted by atomic mass is 35.5. The lowest BCUT2D eigenvalue weighted by Crippen LogP contribution is -2.54. The molecular weight excluding hydrogens is 452 g/mol. The van der Waals surface area contributed by atoms with E-state index in [4.69, 9.17) is 21.1 Å². The monoisotopic (exact) mass is 472 g/mol. The van der Waals surface area contributed by atoms with Crippen LogP contribution in [0.5, 0.6) is 11.5 Å². The van der Waals surface area contributed by atoms with Gasteiger partial charge in [-0.3, -0.25) is 14.9 Å². The van der Waals surface area contributed by atoms with E-state index in [1.54, 1.807) is 24.3 Å². The molecule has 3 rings (SSSR count). The molecule has 0 aliphatic carbocycles. The van der Waals surface area contributed by atoms with Crippen LogP contribution in [0.3, 0.4) is 0 Å². The van der Waals surface area contributed by atoms with Crippen LogP contribution in [0.25, 0.3) is 6.08 Å². The highest BCUT2D eigenvalue weighted by molar-refractivity contribution is 6.39. The van der Waals surface area contributed by atoms with Crippen LogP contribution in [0.4, 0.5) is 10.5 Å². The fraction of sp³-hybridized carbons (Fsp3) is 0.217. The van der Waals surface area contributed by atoms with Crippen molar-refractivity contribution in [3.63, 3.8) is 0 Å². The lowest BCUT2D eigenvalue weighted by atomic mass is 10.1. The van der Waals surface area contributed by atoms with Crippen LogP contribution in [0.2, 0.25) is 5.02 Å². The van der Waals surface area contributed by atoms with Gasteiger partial charge in [-0.1, -0.05) is 30.7 Å². The van der Waals surface area contributed by atoms with Crippen LogP contribution in [0.15, 0.2) is 42.0 Å². The second kappa shape index (κ2) is 10.2. The predicted octanol–water partition coefficient (Wildman–Crippen LogP) is 3.13. The van der Waals surface area contributed by atoms with Gasteiger partial charge in [0.2, 0.25) is 0 Å². The van der Waals surface area contributed by atoms with Crippen molar-refractivity contribution in [2.45, 2.75) is 13.3 Å². The average molecular weight is 473 g/mol. The summed E-state index contributed by atoms with van der Waals surface area (Å²) in [4.78, 5) is 50.1. The Hall–Kier alpha value is -3.85. The SMILES string of the molecule is CCc1ccc(N2C(=O)NC(=O)/C(=C/c3cc(Cl)c(OCC(=O)OC)c(OC)c3)C2=O)cc1. The van der Waals surface area contributed by atoms with Crippen molar-refractivity contribution in [2.75, 3.05) is 25.7 Å². The first-order valence-corrected chi connectivity index (χ1v) is 10.2. The van der Waals surface area contributed by atoms with Crippen LogP contribution in [0.1, 0.15) is 18.1 Å². The van der Waals surface area contributed by atoms with Crippen LogP contribution in [-0.2, 0) is 25.5 Å². The van der Waals surface area contributed by atoms with Crippen molar-refractivity contribution < 1.29 is 33.4 Å². The Labute approximate surface area is 194 Å². The number of esters is 1. The molecule has 1 saturated heterocycles. The van der Waals surface area contributed by atoms with Gasteiger partial charge in [0.05, 0.1) is 24.9 Å². The summed E-state index contributed by atoms with van der Waals surface area (Å²) in [7, 11) is 2.59. The van der Waals surface area contributed by atoms with E-state index < -0.39 is 23.8 Å². The second-order valence-electron chi connectivity index (χ2n) is 6.88. The van der Waals surface area contributed by atoms with Crippen molar-refractivity contribution in [2.24, 2.45) is 0 Å². The second-order valence-corrected chi connectivity index (χ2v) is 7.28. The number of benzene rings is 2. The van der Waals surface area contributed by atoms with Gasteiger partial charge in [0.1, 0.15) is 5.57 Å². The number of imide groups is 2. The first kappa shape index (κ1) is 23.8. The van der Waals surface area contributed by atoms with Crippen LogP contribution in [0, 0.1) is 0 Å². The molecule has 1 aliphatic rings. The Morgan fingerprint density at radius 1 is 1.12 bits per heavy atom. The number of hydrogen-bond acceptors (Lipinski definition) is 7. The number of barbiturate groups is 1. The Morgan fingerprint density at radius 2 is 1.82 bits per heavy atom. The van der Waals surface area contributed by atoms with Crippen LogP contribution >= 0.6 is 11.6 Å². The van der Waals surface area contributed by atoms with Crippen molar-refractivity contribution in [3.05, 3.63) is 58.1 Å². The molecule has 4 amide bonds. The van der Waals surface area contributed by atoms with E-state index in [-0.39, 0.29) is 28.7 Å². The molecule has 10 heteroatoms. The molecule has 2 aromatic rings. The van der Waals surface area contributed by atoms with E-state index in [0.717, 1.165) is 16.9 Å². The number of amides is 4. The fourth-order valence-electron chi connectivity index (χ4n) is 3.09. The summed E-state index contributed by atoms with van der Waals surface area (Å²) >= 11 is 6.27. The molecule has 2 aromatic carbocycles. The summed E-state index contributed by atoms with van der Waals surface area (Å²) in [5, 5.41) is 2.25. The van der Waals surface area contributed by atoms with Crippen LogP contribution < -0.4 is 19.7 Å². The number of methoxy groups -OCH3 is 2. The van der Waals surface area contributed by atoms with Crippen molar-refractivity contribution in [1.82, 2.24) is 5.32 Å². The zero-order valence-electron chi connectivity index (χ0n) is 18.1. The van der Waals surface area contributed by atoms with Gasteiger partial charge < -0.3 is 14.2 Å². The molecular formula is C23H21ClN2O7. The van der Waals surface area contributed by atoms with Crippen LogP contribution in [-0.4, -0.2) is 44.6 Å². The summed E-state index contributed by atoms with van der Waals surface area (Å²) in [5.74, 6) is -1.97. The first-order chi connectivity index (χ1) is 15.8. The number of urea groups is 1. The predicted molar refractivity (Wildman–Crippen MR) is 120 cm³/mol. The molecule has 0 spiro atoms. The standard InChI is InChI=1S/C23H21ClN2O7/c1-4-13-5-7-15(8-6-13)26-22(29)16(21(28)25-23(26)30)9-14-10-17(24)20(18(11-14)31-2)33-12-19(27)32-3/h5-11H,4,12H2,1-3H3,(H,25,28,30)/b16-9-. The number of ether oxygens (including phenoxy) is 3. The minimum absolute atomic E-state index is 0.0804. The number of rotatable bonds is 7. The molecule has 0 unspecified atom stereocenters. The minimum Gasteiger partial charge on any atom is -0.493 e. The van der Waals surface area contributed by atoms with Gasteiger partial charge in [-0.05, 0) is 47.9 Å². The topological polar surface area (TPSA) is 111 Å². The molecule has 0 bridgehead atoms. The van der Waals surface area contributed by atoms with E-state index in [1.807, 2.05) is 6.92 Å². The zero-order valence-corrected chi connectivity index (χ0v) is 18.9. The fourth-order valence-corrected chi connectivity index (χ4v) is 3.37. The molecule has 0 aromatic heterocycles. The number of carbonyl (C=O) groups is 4. The third-order valence-electron chi connectivity index (χ3n) is 4.83. The summed E-state index contributed by atoms with van der Waals surface area (Å²) in [5.41, 5.74) is 1.44. The van der Waals surface area contributed by atoms with Gasteiger partial charge in [0.25, 0.3) is 11.8 Å². The lowest BCUT2D eigenvalue weighted by Gasteiger charge is -2.26. The number of hydrogen-bond donors (Lipinski definition) is 1. The normalized spacial score (nSPS) is 14.8. The Balaban J connectivity index is 1.95. The van der Waals surface area contributed by atoms with Gasteiger partial charge in [0.15, 0.2) is 18.1 Å². The van der Waals surface area contributed by atoms with Gasteiger partial charge >= 0.3 is 12.0 Å². The molecule has 0 saturated carbocycles. The van der Waals surface area contributed by atoms with E-state index in [2.05, 4.69) is 10.1 Å². The van der Waals surface area contributed by atoms with Gasteiger partial charge in [0, 0.05) is 0 Å². The van der Waals surface area contributed by atoms with E-state index >= 15 is 0 Å². The third kappa shape index (κ3) is 5.15. The lowest BCUT2D eigenvalue weighted by molar-refractivity contribution is -0.143. The van der Waals surface area contributed by atoms with Gasteiger partial charge in [-0.15, -0.1) is 0 Å². The first-order valence-electron chi connectivity index (χ1n) is 9.86. The summed E-state index contributed by atoms with van der Waals surface area (Å²) in [6.45, 7) is 1.60. The molecule has 0 atom stereocenters. The Kier molecular flexibility index (Phi) is 7.34. The van der Waals surface area contributed by atoms with Gasteiger partial charge in [-0.25, -0.2) is 14.5 Å². The zero-order chi connectivity index (χ0) is 24.1. The molecule has 33 heavy (non-hydrogen) atoms. The largest absolute Gasteiger partial charge is 0.493 e. The van der Waals surface area contributed by atoms with Crippen molar-refractivity contribution in [3.8, 4) is 11.5 Å². The average Bonchev–Trinajstić information content (AvgIpc) is 2.80. The molecule has 172 valence electrons. The summed E-state index contributed by atoms with van der Waals surface area (Å²) < 4.78 is 15.1. The van der Waals surface area contributed by atoms with E-state index in [0.29, 0.717) is 11.3 Å². The molecule has 1 heterocycles. The van der Waals surface area contributed by atoms with E-state index in [1.165, 1.54) is 32.4 Å². The maximum atomic E-state index is 13.1. The number of nitrogens with zero attached hydrogens (tertiary/aromatic N) is 1. The summed E-state index contributed by atoms with van der Waals surface area (Å²) in [6.07, 6.45) is 2.09. The highest BCUT2D eigenvalue weighted by Gasteiger charge is 2.36. The smallest absolute Gasteiger partial charge is 0.343 e. The Morgan fingerprint density at radius 3 is 2.42 bits per heavy atom. The maximum absolute atomic E-state index is 13.1. The van der Waals surface area contributed by atoms with Gasteiger partial charge in [-0.2, -0.15) is 0 Å². The third-order valence-corrected chi connectivity index (χ3v) is 5.11. The number of carbonyl (C=O) groups excluding carboxylic acids is 4. The quantitative estimate of drug-likeness (QED) is 0.374. The number of halogens is 1. The maximum Gasteiger partial charge on any atom is 0.343 e. The van der Waals surface area contributed by atoms with Crippen molar-refractivity contribution in [1.29, 1.82) is 0 Å². The molecule has 0 radical (unpaired) electrons. The molecule has 1 fully saturated rings. The highest BCUT2D eigenvalue weighted by Crippen LogP contribution is 2.37. The minimum atomic E-state index is -0.840. The summed E-state index contributed by atoms with van der Waals surface area (Å²) in [6, 6.07) is 8.94. The molecule has 9 nitrogen and oxygen atoms in total. The Bertz CT molecular complexity index is 1140. The molecule has 1 N–H and O–H groups in total. The number of aryl methyl sites for hydroxylation is 1. The number of anilines is 1. The van der Waals surface area contributed by atoms with Crippen molar-refractivity contribution >= 4 is 47.2 Å². The molecule has 1 aliphatic heterocycles. The number of nitrogens with one attached hydrogen (secondary N) is 1.